The molecule has 0 unspecified atom stereocenters. The van der Waals surface area contributed by atoms with Crippen LogP contribution in [0.3, 0.4) is 0 Å². The van der Waals surface area contributed by atoms with E-state index < -0.39 is 0 Å². The van der Waals surface area contributed by atoms with E-state index in [1.807, 2.05) is 6.07 Å². The van der Waals surface area contributed by atoms with Gasteiger partial charge in [0.05, 0.1) is 5.69 Å². The zero-order chi connectivity index (χ0) is 13.5. The van der Waals surface area contributed by atoms with E-state index in [1.54, 1.807) is 0 Å². The van der Waals surface area contributed by atoms with Gasteiger partial charge in [-0.05, 0) is 18.9 Å². The molecule has 2 nitrogen and oxygen atoms in total. The summed E-state index contributed by atoms with van der Waals surface area (Å²) < 4.78 is 5.91. The van der Waals surface area contributed by atoms with Crippen LogP contribution in [-0.2, 0) is 11.3 Å². The van der Waals surface area contributed by atoms with Crippen LogP contribution in [0.2, 0.25) is 0 Å². The second-order valence-electron chi connectivity index (χ2n) is 5.35. The first kappa shape index (κ1) is 14.1. The Labute approximate surface area is 116 Å². The van der Waals surface area contributed by atoms with Crippen molar-refractivity contribution in [2.45, 2.75) is 59.0 Å². The number of para-hydroxylation sites is 1. The number of hydrogen-bond acceptors (Lipinski definition) is 2. The average molecular weight is 259 g/mol. The summed E-state index contributed by atoms with van der Waals surface area (Å²) in [6.07, 6.45) is 7.42. The fourth-order valence-electron chi connectivity index (χ4n) is 2.55. The molecule has 2 rings (SSSR count). The Hall–Kier alpha value is -1.31. The number of fused-ring (bicyclic) bond motifs is 1. The van der Waals surface area contributed by atoms with E-state index in [0.717, 1.165) is 11.6 Å². The van der Waals surface area contributed by atoms with E-state index in [-0.39, 0.29) is 0 Å². The smallest absolute Gasteiger partial charge is 0.191 e. The minimum atomic E-state index is 0.508. The monoisotopic (exact) mass is 259 g/mol. The topological polar surface area (TPSA) is 21.6 Å². The van der Waals surface area contributed by atoms with Gasteiger partial charge in [-0.25, -0.2) is 4.99 Å². The lowest BCUT2D eigenvalue weighted by Crippen LogP contribution is -2.20. The maximum absolute atomic E-state index is 5.91. The van der Waals surface area contributed by atoms with Crippen molar-refractivity contribution in [3.8, 4) is 0 Å². The lowest BCUT2D eigenvalue weighted by Gasteiger charge is -2.23. The summed E-state index contributed by atoms with van der Waals surface area (Å²) in [5, 5.41) is 0. The number of hydrogen-bond donors (Lipinski definition) is 0. The Morgan fingerprint density at radius 3 is 2.47 bits per heavy atom. The van der Waals surface area contributed by atoms with Gasteiger partial charge < -0.3 is 4.74 Å². The second-order valence-corrected chi connectivity index (χ2v) is 5.35. The Morgan fingerprint density at radius 1 is 1.11 bits per heavy atom. The molecule has 0 amide bonds. The SMILES string of the molecule is CCCCC(CCCC)C1=Nc2ccccc2CO1. The van der Waals surface area contributed by atoms with Crippen LogP contribution in [0, 0.1) is 5.92 Å². The highest BCUT2D eigenvalue weighted by Crippen LogP contribution is 2.29. The number of nitrogens with zero attached hydrogens (tertiary/aromatic N) is 1. The van der Waals surface area contributed by atoms with Gasteiger partial charge in [0.2, 0.25) is 0 Å². The van der Waals surface area contributed by atoms with Gasteiger partial charge in [0.1, 0.15) is 6.61 Å². The molecular formula is C17H25NO. The van der Waals surface area contributed by atoms with Crippen molar-refractivity contribution in [1.82, 2.24) is 0 Å². The molecule has 1 aromatic carbocycles. The fraction of sp³-hybridized carbons (Fsp3) is 0.588. The van der Waals surface area contributed by atoms with Crippen LogP contribution in [0.4, 0.5) is 5.69 Å². The minimum Gasteiger partial charge on any atom is -0.476 e. The Bertz CT molecular complexity index is 417. The molecule has 104 valence electrons. The average Bonchev–Trinajstić information content (AvgIpc) is 2.47. The minimum absolute atomic E-state index is 0.508. The Morgan fingerprint density at radius 2 is 1.79 bits per heavy atom. The summed E-state index contributed by atoms with van der Waals surface area (Å²) in [6.45, 7) is 5.18. The molecule has 2 heteroatoms. The molecule has 0 fully saturated rings. The first-order valence-corrected chi connectivity index (χ1v) is 7.64. The van der Waals surface area contributed by atoms with Crippen LogP contribution in [0.5, 0.6) is 0 Å². The van der Waals surface area contributed by atoms with Crippen molar-refractivity contribution in [2.24, 2.45) is 10.9 Å². The van der Waals surface area contributed by atoms with Crippen LogP contribution >= 0.6 is 0 Å². The van der Waals surface area contributed by atoms with E-state index in [9.17, 15) is 0 Å². The van der Waals surface area contributed by atoms with Crippen LogP contribution in [0.1, 0.15) is 57.9 Å². The highest BCUT2D eigenvalue weighted by atomic mass is 16.5. The van der Waals surface area contributed by atoms with Crippen molar-refractivity contribution in [3.63, 3.8) is 0 Å². The van der Waals surface area contributed by atoms with E-state index >= 15 is 0 Å². The summed E-state index contributed by atoms with van der Waals surface area (Å²) in [7, 11) is 0. The summed E-state index contributed by atoms with van der Waals surface area (Å²) in [5.74, 6) is 1.48. The van der Waals surface area contributed by atoms with E-state index in [2.05, 4.69) is 32.0 Å². The normalized spacial score (nSPS) is 13.9. The highest BCUT2D eigenvalue weighted by Gasteiger charge is 2.21. The van der Waals surface area contributed by atoms with Crippen molar-refractivity contribution in [3.05, 3.63) is 29.8 Å². The largest absolute Gasteiger partial charge is 0.476 e. The first-order valence-electron chi connectivity index (χ1n) is 7.64. The van der Waals surface area contributed by atoms with E-state index in [0.29, 0.717) is 12.5 Å². The third-order valence-corrected chi connectivity index (χ3v) is 3.76. The van der Waals surface area contributed by atoms with Gasteiger partial charge in [0.25, 0.3) is 0 Å². The molecule has 19 heavy (non-hydrogen) atoms. The van der Waals surface area contributed by atoms with Crippen molar-refractivity contribution in [2.75, 3.05) is 0 Å². The van der Waals surface area contributed by atoms with Gasteiger partial charge in [-0.1, -0.05) is 57.7 Å². The lowest BCUT2D eigenvalue weighted by atomic mass is 9.95. The third-order valence-electron chi connectivity index (χ3n) is 3.76. The molecule has 0 spiro atoms. The fourth-order valence-corrected chi connectivity index (χ4v) is 2.55. The molecule has 0 aliphatic carbocycles. The zero-order valence-corrected chi connectivity index (χ0v) is 12.2. The summed E-state index contributed by atoms with van der Waals surface area (Å²) in [6, 6.07) is 8.30. The number of ether oxygens (including phenoxy) is 1. The van der Waals surface area contributed by atoms with Gasteiger partial charge >= 0.3 is 0 Å². The number of rotatable bonds is 7. The summed E-state index contributed by atoms with van der Waals surface area (Å²) in [5.41, 5.74) is 2.30. The van der Waals surface area contributed by atoms with Gasteiger partial charge in [0.15, 0.2) is 5.90 Å². The molecule has 1 aliphatic heterocycles. The van der Waals surface area contributed by atoms with Gasteiger partial charge in [-0.2, -0.15) is 0 Å². The molecule has 0 atom stereocenters. The van der Waals surface area contributed by atoms with Gasteiger partial charge in [0, 0.05) is 11.5 Å². The zero-order valence-electron chi connectivity index (χ0n) is 12.2. The van der Waals surface area contributed by atoms with Crippen LogP contribution in [-0.4, -0.2) is 5.90 Å². The molecule has 1 aliphatic rings. The quantitative estimate of drug-likeness (QED) is 0.656. The summed E-state index contributed by atoms with van der Waals surface area (Å²) >= 11 is 0. The molecule has 0 saturated carbocycles. The number of aliphatic imine (C=N–C) groups is 1. The molecular weight excluding hydrogens is 234 g/mol. The first-order chi connectivity index (χ1) is 9.35. The Kier molecular flexibility index (Phi) is 5.44. The number of benzene rings is 1. The van der Waals surface area contributed by atoms with Crippen molar-refractivity contribution < 1.29 is 4.74 Å². The van der Waals surface area contributed by atoms with Crippen molar-refractivity contribution >= 4 is 11.6 Å². The molecule has 0 radical (unpaired) electrons. The molecule has 1 heterocycles. The third kappa shape index (κ3) is 3.82. The van der Waals surface area contributed by atoms with Crippen LogP contribution in [0.15, 0.2) is 29.3 Å². The van der Waals surface area contributed by atoms with Crippen molar-refractivity contribution in [1.29, 1.82) is 0 Å². The number of unbranched alkanes of at least 4 members (excludes halogenated alkanes) is 2. The predicted molar refractivity (Wildman–Crippen MR) is 80.9 cm³/mol. The molecule has 0 N–H and O–H groups in total. The second kappa shape index (κ2) is 7.32. The Balaban J connectivity index is 2.11. The predicted octanol–water partition coefficient (Wildman–Crippen LogP) is 5.24. The maximum Gasteiger partial charge on any atom is 0.191 e. The lowest BCUT2D eigenvalue weighted by molar-refractivity contribution is 0.255. The summed E-state index contributed by atoms with van der Waals surface area (Å²) in [4.78, 5) is 4.75. The van der Waals surface area contributed by atoms with E-state index in [1.165, 1.54) is 44.1 Å². The molecule has 1 aromatic rings. The van der Waals surface area contributed by atoms with Gasteiger partial charge in [-0.15, -0.1) is 0 Å². The highest BCUT2D eigenvalue weighted by molar-refractivity contribution is 5.83. The molecule has 0 aromatic heterocycles. The maximum atomic E-state index is 5.91. The van der Waals surface area contributed by atoms with Crippen LogP contribution < -0.4 is 0 Å². The van der Waals surface area contributed by atoms with E-state index in [4.69, 9.17) is 9.73 Å². The molecule has 0 bridgehead atoms. The molecule has 0 saturated heterocycles. The van der Waals surface area contributed by atoms with Crippen LogP contribution in [0.25, 0.3) is 0 Å². The van der Waals surface area contributed by atoms with Gasteiger partial charge in [-0.3, -0.25) is 0 Å². The standard InChI is InChI=1S/C17H25NO/c1-3-5-9-14(10-6-4-2)17-18-16-12-8-7-11-15(16)13-19-17/h7-8,11-12,14H,3-6,9-10,13H2,1-2H3.